The highest BCUT2D eigenvalue weighted by atomic mass is 35.7. The van der Waals surface area contributed by atoms with Crippen LogP contribution in [-0.4, -0.2) is 33.7 Å². The summed E-state index contributed by atoms with van der Waals surface area (Å²) in [6.45, 7) is 0.768. The van der Waals surface area contributed by atoms with Crippen LogP contribution < -0.4 is 0 Å². The zero-order valence-corrected chi connectivity index (χ0v) is 11.2. The van der Waals surface area contributed by atoms with E-state index in [1.165, 1.54) is 0 Å². The van der Waals surface area contributed by atoms with Gasteiger partial charge in [-0.3, -0.25) is 0 Å². The third kappa shape index (κ3) is 3.65. The molecule has 1 unspecified atom stereocenters. The van der Waals surface area contributed by atoms with Gasteiger partial charge in [0, 0.05) is 17.1 Å². The highest BCUT2D eigenvalue weighted by molar-refractivity contribution is 8.13. The van der Waals surface area contributed by atoms with Gasteiger partial charge in [-0.05, 0) is 18.2 Å². The minimum Gasteiger partial charge on any atom is -0.456 e. The van der Waals surface area contributed by atoms with Gasteiger partial charge in [-0.25, -0.2) is 17.6 Å². The van der Waals surface area contributed by atoms with E-state index in [0.29, 0.717) is 13.0 Å². The number of halogens is 2. The average Bonchev–Trinajstić information content (AvgIpc) is 2.79. The highest BCUT2D eigenvalue weighted by Gasteiger charge is 2.22. The maximum Gasteiger partial charge on any atom is 0.338 e. The Morgan fingerprint density at radius 2 is 2.16 bits per heavy atom. The summed E-state index contributed by atoms with van der Waals surface area (Å²) < 4.78 is 45.6. The molecule has 19 heavy (non-hydrogen) atoms. The van der Waals surface area contributed by atoms with Gasteiger partial charge in [0.1, 0.15) is 11.9 Å². The third-order valence-electron chi connectivity index (χ3n) is 2.55. The third-order valence-corrected chi connectivity index (χ3v) is 3.88. The number of rotatable bonds is 3. The fraction of sp³-hybridized carbons (Fsp3) is 0.364. The van der Waals surface area contributed by atoms with E-state index in [9.17, 15) is 17.6 Å². The predicted octanol–water partition coefficient (Wildman–Crippen LogP) is 1.70. The van der Waals surface area contributed by atoms with E-state index in [-0.39, 0.29) is 12.2 Å². The summed E-state index contributed by atoms with van der Waals surface area (Å²) in [6.07, 6.45) is 0.161. The lowest BCUT2D eigenvalue weighted by Gasteiger charge is -2.10. The average molecular weight is 309 g/mol. The topological polar surface area (TPSA) is 69.7 Å². The molecular weight excluding hydrogens is 299 g/mol. The molecule has 0 radical (unpaired) electrons. The Balaban J connectivity index is 2.24. The lowest BCUT2D eigenvalue weighted by Crippen LogP contribution is -2.18. The number of hydrogen-bond acceptors (Lipinski definition) is 5. The smallest absolute Gasteiger partial charge is 0.338 e. The molecule has 1 aliphatic rings. The van der Waals surface area contributed by atoms with Crippen LogP contribution in [0, 0.1) is 5.82 Å². The second-order valence-electron chi connectivity index (χ2n) is 4.00. The van der Waals surface area contributed by atoms with E-state index in [4.69, 9.17) is 20.2 Å². The molecule has 0 saturated carbocycles. The molecular formula is C11H10ClFO5S. The maximum absolute atomic E-state index is 13.3. The second-order valence-corrected chi connectivity index (χ2v) is 6.57. The van der Waals surface area contributed by atoms with Crippen molar-refractivity contribution >= 4 is 25.7 Å². The summed E-state index contributed by atoms with van der Waals surface area (Å²) in [5.74, 6) is -1.69. The van der Waals surface area contributed by atoms with Crippen molar-refractivity contribution in [3.8, 4) is 0 Å². The largest absolute Gasteiger partial charge is 0.456 e. The Morgan fingerprint density at radius 1 is 1.42 bits per heavy atom. The van der Waals surface area contributed by atoms with Crippen molar-refractivity contribution in [1.82, 2.24) is 0 Å². The van der Waals surface area contributed by atoms with Crippen LogP contribution in [0.4, 0.5) is 4.39 Å². The molecule has 2 rings (SSSR count). The van der Waals surface area contributed by atoms with E-state index in [0.717, 1.165) is 18.2 Å². The number of hydrogen-bond donors (Lipinski definition) is 0. The Kier molecular flexibility index (Phi) is 4.07. The molecule has 0 amide bonds. The summed E-state index contributed by atoms with van der Waals surface area (Å²) >= 11 is 0. The Hall–Kier alpha value is -1.18. The molecule has 1 fully saturated rings. The first-order chi connectivity index (χ1) is 8.86. The first-order valence-electron chi connectivity index (χ1n) is 5.40. The molecule has 1 atom stereocenters. The summed E-state index contributed by atoms with van der Waals surface area (Å²) in [6, 6.07) is 2.60. The van der Waals surface area contributed by atoms with Gasteiger partial charge < -0.3 is 9.47 Å². The molecule has 1 saturated heterocycles. The molecule has 1 aromatic rings. The molecule has 0 N–H and O–H groups in total. The zero-order chi connectivity index (χ0) is 14.0. The number of esters is 1. The maximum atomic E-state index is 13.3. The lowest BCUT2D eigenvalue weighted by atomic mass is 10.2. The minimum atomic E-state index is -4.11. The molecule has 8 heteroatoms. The summed E-state index contributed by atoms with van der Waals surface area (Å²) in [5, 5.41) is 0. The number of ether oxygens (including phenoxy) is 2. The van der Waals surface area contributed by atoms with E-state index in [1.54, 1.807) is 0 Å². The van der Waals surface area contributed by atoms with E-state index in [1.807, 2.05) is 0 Å². The van der Waals surface area contributed by atoms with Gasteiger partial charge in [0.15, 0.2) is 0 Å². The van der Waals surface area contributed by atoms with Gasteiger partial charge in [0.2, 0.25) is 0 Å². The highest BCUT2D eigenvalue weighted by Crippen LogP contribution is 2.20. The zero-order valence-electron chi connectivity index (χ0n) is 9.64. The summed E-state index contributed by atoms with van der Waals surface area (Å²) in [4.78, 5) is 11.3. The van der Waals surface area contributed by atoms with Gasteiger partial charge in [-0.1, -0.05) is 0 Å². The van der Waals surface area contributed by atoms with Crippen LogP contribution in [0.25, 0.3) is 0 Å². The van der Waals surface area contributed by atoms with Gasteiger partial charge in [-0.2, -0.15) is 0 Å². The van der Waals surface area contributed by atoms with Crippen LogP contribution >= 0.6 is 10.7 Å². The van der Waals surface area contributed by atoms with Crippen LogP contribution in [0.2, 0.25) is 0 Å². The fourth-order valence-corrected chi connectivity index (χ4v) is 2.43. The van der Waals surface area contributed by atoms with Crippen LogP contribution in [-0.2, 0) is 18.5 Å². The predicted molar refractivity (Wildman–Crippen MR) is 64.1 cm³/mol. The van der Waals surface area contributed by atoms with Crippen LogP contribution in [0.1, 0.15) is 16.8 Å². The number of benzene rings is 1. The summed E-state index contributed by atoms with van der Waals surface area (Å²) in [5.41, 5.74) is -0.203. The number of carbonyl (C=O) groups excluding carboxylic acids is 1. The molecule has 1 aromatic carbocycles. The molecule has 0 bridgehead atoms. The molecule has 0 spiro atoms. The molecule has 0 aliphatic carbocycles. The van der Waals surface area contributed by atoms with Crippen molar-refractivity contribution in [1.29, 1.82) is 0 Å². The van der Waals surface area contributed by atoms with Crippen molar-refractivity contribution in [2.45, 2.75) is 17.4 Å². The monoisotopic (exact) mass is 308 g/mol. The van der Waals surface area contributed by atoms with Gasteiger partial charge in [0.05, 0.1) is 23.7 Å². The Labute approximate surface area is 113 Å². The Morgan fingerprint density at radius 3 is 2.74 bits per heavy atom. The van der Waals surface area contributed by atoms with Gasteiger partial charge in [-0.15, -0.1) is 0 Å². The fourth-order valence-electron chi connectivity index (χ4n) is 1.65. The van der Waals surface area contributed by atoms with Crippen molar-refractivity contribution in [2.75, 3.05) is 13.2 Å². The van der Waals surface area contributed by atoms with Crippen molar-refractivity contribution in [2.24, 2.45) is 0 Å². The lowest BCUT2D eigenvalue weighted by molar-refractivity contribution is 0.0270. The van der Waals surface area contributed by atoms with Crippen LogP contribution in [0.15, 0.2) is 23.1 Å². The standard InChI is InChI=1S/C11H10ClFO5S/c12-19(15,16)10-4-7(3-8(13)5-10)11(14)18-9-1-2-17-6-9/h3-5,9H,1-2,6H2. The van der Waals surface area contributed by atoms with Gasteiger partial charge in [0.25, 0.3) is 9.05 Å². The molecule has 1 heterocycles. The molecule has 104 valence electrons. The first kappa shape index (κ1) is 14.2. The van der Waals surface area contributed by atoms with Crippen molar-refractivity contribution < 1.29 is 27.1 Å². The normalized spacial score (nSPS) is 19.4. The van der Waals surface area contributed by atoms with Crippen molar-refractivity contribution in [3.63, 3.8) is 0 Å². The molecule has 0 aromatic heterocycles. The second kappa shape index (κ2) is 5.44. The SMILES string of the molecule is O=C(OC1CCOC1)c1cc(F)cc(S(=O)(=O)Cl)c1. The van der Waals surface area contributed by atoms with Crippen molar-refractivity contribution in [3.05, 3.63) is 29.6 Å². The minimum absolute atomic E-state index is 0.203. The summed E-state index contributed by atoms with van der Waals surface area (Å²) in [7, 11) is 1.00. The molecule has 5 nitrogen and oxygen atoms in total. The van der Waals surface area contributed by atoms with E-state index >= 15 is 0 Å². The van der Waals surface area contributed by atoms with E-state index in [2.05, 4.69) is 0 Å². The molecule has 1 aliphatic heterocycles. The van der Waals surface area contributed by atoms with E-state index < -0.39 is 31.8 Å². The number of carbonyl (C=O) groups is 1. The quantitative estimate of drug-likeness (QED) is 0.628. The van der Waals surface area contributed by atoms with Crippen LogP contribution in [0.5, 0.6) is 0 Å². The Bertz CT molecular complexity index is 595. The first-order valence-corrected chi connectivity index (χ1v) is 7.71. The van der Waals surface area contributed by atoms with Crippen LogP contribution in [0.3, 0.4) is 0 Å². The van der Waals surface area contributed by atoms with Gasteiger partial charge >= 0.3 is 5.97 Å².